The molecule has 1 atom stereocenters. The van der Waals surface area contributed by atoms with E-state index in [1.165, 1.54) is 16.4 Å². The Bertz CT molecular complexity index is 841. The van der Waals surface area contributed by atoms with Gasteiger partial charge >= 0.3 is 0 Å². The molecule has 1 aromatic heterocycles. The number of hydrogen-bond acceptors (Lipinski definition) is 4. The molecule has 1 aromatic carbocycles. The molecular weight excluding hydrogens is 345 g/mol. The number of carbonyl (C=O) groups excluding carboxylic acids is 1. The third-order valence-corrected chi connectivity index (χ3v) is 6.04. The topological polar surface area (TPSA) is 79.4 Å². The Labute approximate surface area is 145 Å². The molecule has 1 fully saturated rings. The lowest BCUT2D eigenvalue weighted by Crippen LogP contribution is -2.45. The molecule has 0 aliphatic carbocycles. The summed E-state index contributed by atoms with van der Waals surface area (Å²) in [7, 11) is -3.84. The average molecular weight is 363 g/mol. The SMILES string of the molecule is O=C(NCc1cccnc1)C1CCCN1S(=O)(=O)c1ccc(F)cc1. The number of hydrogen-bond donors (Lipinski definition) is 1. The highest BCUT2D eigenvalue weighted by atomic mass is 32.2. The molecule has 1 aliphatic rings. The standard InChI is InChI=1S/C17H18FN3O3S/c18-14-5-7-15(8-6-14)25(23,24)21-10-2-4-16(21)17(22)20-12-13-3-1-9-19-11-13/h1,3,5-9,11,16H,2,4,10,12H2,(H,20,22). The fraction of sp³-hybridized carbons (Fsp3) is 0.294. The number of nitrogens with zero attached hydrogens (tertiary/aromatic N) is 2. The predicted octanol–water partition coefficient (Wildman–Crippen LogP) is 1.69. The minimum atomic E-state index is -3.84. The minimum absolute atomic E-state index is 0.0131. The van der Waals surface area contributed by atoms with Gasteiger partial charge in [0.05, 0.1) is 4.90 Å². The molecule has 0 bridgehead atoms. The lowest BCUT2D eigenvalue weighted by atomic mass is 10.2. The molecule has 132 valence electrons. The molecule has 1 amide bonds. The molecule has 2 aromatic rings. The Hall–Kier alpha value is -2.32. The van der Waals surface area contributed by atoms with E-state index in [0.29, 0.717) is 12.8 Å². The number of halogens is 1. The largest absolute Gasteiger partial charge is 0.351 e. The third-order valence-electron chi connectivity index (χ3n) is 4.12. The van der Waals surface area contributed by atoms with E-state index in [1.54, 1.807) is 18.5 Å². The van der Waals surface area contributed by atoms with Gasteiger partial charge in [0.25, 0.3) is 0 Å². The van der Waals surface area contributed by atoms with E-state index in [-0.39, 0.29) is 23.9 Å². The molecule has 6 nitrogen and oxygen atoms in total. The summed E-state index contributed by atoms with van der Waals surface area (Å²) in [5, 5.41) is 2.76. The number of rotatable bonds is 5. The molecule has 1 aliphatic heterocycles. The zero-order chi connectivity index (χ0) is 17.9. The molecule has 25 heavy (non-hydrogen) atoms. The van der Waals surface area contributed by atoms with Gasteiger partial charge < -0.3 is 5.32 Å². The number of aromatic nitrogens is 1. The van der Waals surface area contributed by atoms with Crippen molar-refractivity contribution in [1.29, 1.82) is 0 Å². The molecular formula is C17H18FN3O3S. The van der Waals surface area contributed by atoms with Gasteiger partial charge in [-0.25, -0.2) is 12.8 Å². The van der Waals surface area contributed by atoms with Gasteiger partial charge in [-0.15, -0.1) is 0 Å². The predicted molar refractivity (Wildman–Crippen MR) is 89.4 cm³/mol. The van der Waals surface area contributed by atoms with Crippen molar-refractivity contribution in [1.82, 2.24) is 14.6 Å². The number of amides is 1. The first-order valence-electron chi connectivity index (χ1n) is 7.92. The molecule has 8 heteroatoms. The van der Waals surface area contributed by atoms with E-state index in [4.69, 9.17) is 0 Å². The van der Waals surface area contributed by atoms with E-state index in [1.807, 2.05) is 6.07 Å². The third kappa shape index (κ3) is 3.85. The fourth-order valence-corrected chi connectivity index (χ4v) is 4.50. The first-order chi connectivity index (χ1) is 12.0. The van der Waals surface area contributed by atoms with E-state index >= 15 is 0 Å². The first kappa shape index (κ1) is 17.5. The van der Waals surface area contributed by atoms with Gasteiger partial charge in [0, 0.05) is 25.5 Å². The fourth-order valence-electron chi connectivity index (χ4n) is 2.84. The molecule has 0 radical (unpaired) electrons. The molecule has 2 heterocycles. The molecule has 3 rings (SSSR count). The number of benzene rings is 1. The van der Waals surface area contributed by atoms with Crippen molar-refractivity contribution in [2.24, 2.45) is 0 Å². The van der Waals surface area contributed by atoms with Crippen molar-refractivity contribution in [3.63, 3.8) is 0 Å². The molecule has 0 saturated carbocycles. The van der Waals surface area contributed by atoms with E-state index in [2.05, 4.69) is 10.3 Å². The molecule has 0 spiro atoms. The van der Waals surface area contributed by atoms with Gasteiger partial charge in [0.2, 0.25) is 15.9 Å². The maximum absolute atomic E-state index is 13.0. The summed E-state index contributed by atoms with van der Waals surface area (Å²) >= 11 is 0. The first-order valence-corrected chi connectivity index (χ1v) is 9.36. The van der Waals surface area contributed by atoms with Crippen LogP contribution in [0, 0.1) is 5.82 Å². The molecule has 1 saturated heterocycles. The molecule has 1 unspecified atom stereocenters. The highest BCUT2D eigenvalue weighted by Gasteiger charge is 2.39. The Balaban J connectivity index is 1.73. The zero-order valence-electron chi connectivity index (χ0n) is 13.4. The van der Waals surface area contributed by atoms with Gasteiger partial charge in [0.15, 0.2) is 0 Å². The van der Waals surface area contributed by atoms with Crippen molar-refractivity contribution >= 4 is 15.9 Å². The van der Waals surface area contributed by atoms with Crippen LogP contribution < -0.4 is 5.32 Å². The van der Waals surface area contributed by atoms with Crippen LogP contribution in [0.1, 0.15) is 18.4 Å². The Morgan fingerprint density at radius 2 is 2.04 bits per heavy atom. The van der Waals surface area contributed by atoms with Crippen LogP contribution in [0.4, 0.5) is 4.39 Å². The summed E-state index contributed by atoms with van der Waals surface area (Å²) in [4.78, 5) is 16.4. The minimum Gasteiger partial charge on any atom is -0.351 e. The smallest absolute Gasteiger partial charge is 0.243 e. The van der Waals surface area contributed by atoms with Crippen LogP contribution in [0.2, 0.25) is 0 Å². The highest BCUT2D eigenvalue weighted by Crippen LogP contribution is 2.26. The summed E-state index contributed by atoms with van der Waals surface area (Å²) in [5.74, 6) is -0.849. The van der Waals surface area contributed by atoms with Crippen LogP contribution >= 0.6 is 0 Å². The lowest BCUT2D eigenvalue weighted by Gasteiger charge is -2.23. The Morgan fingerprint density at radius 1 is 1.28 bits per heavy atom. The second-order valence-corrected chi connectivity index (χ2v) is 7.70. The van der Waals surface area contributed by atoms with Crippen LogP contribution in [0.15, 0.2) is 53.7 Å². The van der Waals surface area contributed by atoms with Crippen molar-refractivity contribution in [2.45, 2.75) is 30.3 Å². The Morgan fingerprint density at radius 3 is 2.72 bits per heavy atom. The zero-order valence-corrected chi connectivity index (χ0v) is 14.2. The number of carbonyl (C=O) groups is 1. The summed E-state index contributed by atoms with van der Waals surface area (Å²) in [6.45, 7) is 0.554. The van der Waals surface area contributed by atoms with Crippen LogP contribution in [0.25, 0.3) is 0 Å². The van der Waals surface area contributed by atoms with E-state index < -0.39 is 21.9 Å². The van der Waals surface area contributed by atoms with Crippen molar-refractivity contribution in [2.75, 3.05) is 6.54 Å². The van der Waals surface area contributed by atoms with E-state index in [0.717, 1.165) is 17.7 Å². The maximum Gasteiger partial charge on any atom is 0.243 e. The molecule has 1 N–H and O–H groups in total. The van der Waals surface area contributed by atoms with Crippen molar-refractivity contribution in [3.8, 4) is 0 Å². The van der Waals surface area contributed by atoms with Crippen LogP contribution in [0.3, 0.4) is 0 Å². The summed E-state index contributed by atoms with van der Waals surface area (Å²) in [6, 6.07) is 7.46. The number of nitrogens with one attached hydrogen (secondary N) is 1. The average Bonchev–Trinajstić information content (AvgIpc) is 3.12. The quantitative estimate of drug-likeness (QED) is 0.877. The number of pyridine rings is 1. The van der Waals surface area contributed by atoms with Crippen molar-refractivity contribution < 1.29 is 17.6 Å². The van der Waals surface area contributed by atoms with Gasteiger partial charge in [0.1, 0.15) is 11.9 Å². The second-order valence-electron chi connectivity index (χ2n) is 5.81. The summed E-state index contributed by atoms with van der Waals surface area (Å²) in [6.07, 6.45) is 4.34. The summed E-state index contributed by atoms with van der Waals surface area (Å²) in [5.41, 5.74) is 0.835. The van der Waals surface area contributed by atoms with Gasteiger partial charge in [-0.2, -0.15) is 4.31 Å². The maximum atomic E-state index is 13.0. The normalized spacial score (nSPS) is 18.2. The van der Waals surface area contributed by atoms with Gasteiger partial charge in [-0.3, -0.25) is 9.78 Å². The van der Waals surface area contributed by atoms with E-state index in [9.17, 15) is 17.6 Å². The monoisotopic (exact) mass is 363 g/mol. The number of sulfonamides is 1. The van der Waals surface area contributed by atoms with Crippen LogP contribution in [-0.4, -0.2) is 36.2 Å². The van der Waals surface area contributed by atoms with Crippen molar-refractivity contribution in [3.05, 3.63) is 60.2 Å². The summed E-state index contributed by atoms with van der Waals surface area (Å²) < 4.78 is 39.7. The highest BCUT2D eigenvalue weighted by molar-refractivity contribution is 7.89. The lowest BCUT2D eigenvalue weighted by molar-refractivity contribution is -0.124. The van der Waals surface area contributed by atoms with Crippen LogP contribution in [0.5, 0.6) is 0 Å². The second kappa shape index (κ2) is 7.28. The van der Waals surface area contributed by atoms with Gasteiger partial charge in [-0.1, -0.05) is 6.07 Å². The Kier molecular flexibility index (Phi) is 5.10. The van der Waals surface area contributed by atoms with Crippen LogP contribution in [-0.2, 0) is 21.4 Å². The van der Waals surface area contributed by atoms with Gasteiger partial charge in [-0.05, 0) is 48.7 Å².